The zero-order valence-electron chi connectivity index (χ0n) is 18.0. The Bertz CT molecular complexity index is 1000. The van der Waals surface area contributed by atoms with Gasteiger partial charge in [-0.3, -0.25) is 9.69 Å². The lowest BCUT2D eigenvalue weighted by Gasteiger charge is -2.33. The van der Waals surface area contributed by atoms with Crippen molar-refractivity contribution in [2.24, 2.45) is 5.92 Å². The second-order valence-electron chi connectivity index (χ2n) is 8.82. The Balaban J connectivity index is 1.37. The number of nitrogens with zero attached hydrogens (tertiary/aromatic N) is 2. The second-order valence-corrected chi connectivity index (χ2v) is 8.82. The van der Waals surface area contributed by atoms with Crippen molar-refractivity contribution in [2.75, 3.05) is 27.3 Å². The fourth-order valence-corrected chi connectivity index (χ4v) is 5.98. The molecule has 5 rings (SSSR count). The molecule has 3 heterocycles. The number of likely N-dealkylation sites (tertiary alicyclic amines) is 1. The smallest absolute Gasteiger partial charge is 0.337 e. The van der Waals surface area contributed by atoms with Gasteiger partial charge < -0.3 is 14.4 Å². The molecule has 0 saturated carbocycles. The molecule has 0 radical (unpaired) electrons. The molecule has 3 aliphatic rings. The SMILES string of the molecule is COC(=O)c1ccc([C@@H]2C[C@H]3CN(Cc4cccc(OC)c4)C(=O)[C@]34CCCN24)cc1. The van der Waals surface area contributed by atoms with E-state index in [0.29, 0.717) is 18.0 Å². The van der Waals surface area contributed by atoms with Crippen LogP contribution in [0.3, 0.4) is 0 Å². The van der Waals surface area contributed by atoms with Gasteiger partial charge in [0, 0.05) is 25.0 Å². The van der Waals surface area contributed by atoms with E-state index < -0.39 is 0 Å². The van der Waals surface area contributed by atoms with Gasteiger partial charge in [0.25, 0.3) is 0 Å². The molecule has 31 heavy (non-hydrogen) atoms. The molecule has 3 saturated heterocycles. The van der Waals surface area contributed by atoms with Crippen LogP contribution < -0.4 is 4.74 Å². The predicted octanol–water partition coefficient (Wildman–Crippen LogP) is 3.42. The lowest BCUT2D eigenvalue weighted by Crippen LogP contribution is -2.49. The van der Waals surface area contributed by atoms with Crippen molar-refractivity contribution in [3.05, 3.63) is 65.2 Å². The van der Waals surface area contributed by atoms with Gasteiger partial charge >= 0.3 is 5.97 Å². The third-order valence-corrected chi connectivity index (χ3v) is 7.35. The molecular formula is C25H28N2O4. The van der Waals surface area contributed by atoms with Crippen LogP contribution in [0.4, 0.5) is 0 Å². The number of hydrogen-bond acceptors (Lipinski definition) is 5. The summed E-state index contributed by atoms with van der Waals surface area (Å²) in [5.41, 5.74) is 2.46. The first-order valence-electron chi connectivity index (χ1n) is 10.9. The summed E-state index contributed by atoms with van der Waals surface area (Å²) >= 11 is 0. The second kappa shape index (κ2) is 7.68. The van der Waals surface area contributed by atoms with Gasteiger partial charge in [0.05, 0.1) is 19.8 Å². The first kappa shape index (κ1) is 20.1. The maximum Gasteiger partial charge on any atom is 0.337 e. The monoisotopic (exact) mass is 420 g/mol. The molecule has 3 atom stereocenters. The molecule has 0 aliphatic carbocycles. The molecule has 2 aromatic rings. The number of esters is 1. The zero-order chi connectivity index (χ0) is 21.6. The molecule has 3 aliphatic heterocycles. The Morgan fingerprint density at radius 2 is 1.97 bits per heavy atom. The summed E-state index contributed by atoms with van der Waals surface area (Å²) in [7, 11) is 3.06. The molecule has 0 unspecified atom stereocenters. The highest BCUT2D eigenvalue weighted by atomic mass is 16.5. The Hall–Kier alpha value is -2.86. The van der Waals surface area contributed by atoms with Gasteiger partial charge in [-0.15, -0.1) is 0 Å². The Morgan fingerprint density at radius 3 is 2.71 bits per heavy atom. The third kappa shape index (κ3) is 3.12. The van der Waals surface area contributed by atoms with Crippen molar-refractivity contribution in [2.45, 2.75) is 37.4 Å². The van der Waals surface area contributed by atoms with E-state index in [9.17, 15) is 9.59 Å². The molecule has 3 fully saturated rings. The summed E-state index contributed by atoms with van der Waals surface area (Å²) in [6.45, 7) is 2.36. The van der Waals surface area contributed by atoms with Gasteiger partial charge in [-0.25, -0.2) is 4.79 Å². The number of carbonyl (C=O) groups excluding carboxylic acids is 2. The number of rotatable bonds is 5. The van der Waals surface area contributed by atoms with Crippen molar-refractivity contribution in [1.82, 2.24) is 9.80 Å². The Morgan fingerprint density at radius 1 is 1.16 bits per heavy atom. The number of carbonyl (C=O) groups is 2. The quantitative estimate of drug-likeness (QED) is 0.694. The van der Waals surface area contributed by atoms with Gasteiger partial charge in [0.1, 0.15) is 11.3 Å². The van der Waals surface area contributed by atoms with Crippen LogP contribution in [0.15, 0.2) is 48.5 Å². The number of amides is 1. The zero-order valence-corrected chi connectivity index (χ0v) is 18.0. The normalized spacial score (nSPS) is 27.3. The van der Waals surface area contributed by atoms with E-state index in [1.54, 1.807) is 7.11 Å². The summed E-state index contributed by atoms with van der Waals surface area (Å²) < 4.78 is 10.2. The first-order chi connectivity index (χ1) is 15.1. The highest BCUT2D eigenvalue weighted by Gasteiger charge is 2.65. The third-order valence-electron chi connectivity index (χ3n) is 7.35. The molecule has 0 bridgehead atoms. The minimum Gasteiger partial charge on any atom is -0.497 e. The lowest BCUT2D eigenvalue weighted by molar-refractivity contribution is -0.137. The summed E-state index contributed by atoms with van der Waals surface area (Å²) in [5, 5.41) is 0. The average molecular weight is 421 g/mol. The van der Waals surface area contributed by atoms with E-state index in [2.05, 4.69) is 11.0 Å². The topological polar surface area (TPSA) is 59.1 Å². The van der Waals surface area contributed by atoms with E-state index in [0.717, 1.165) is 43.7 Å². The minimum atomic E-state index is -0.370. The molecule has 6 nitrogen and oxygen atoms in total. The van der Waals surface area contributed by atoms with E-state index in [1.807, 2.05) is 47.4 Å². The van der Waals surface area contributed by atoms with E-state index in [-0.39, 0.29) is 23.5 Å². The molecule has 0 N–H and O–H groups in total. The summed E-state index contributed by atoms with van der Waals surface area (Å²) in [5.74, 6) is 1.10. The number of ether oxygens (including phenoxy) is 2. The Kier molecular flexibility index (Phi) is 4.97. The van der Waals surface area contributed by atoms with Gasteiger partial charge in [0.15, 0.2) is 0 Å². The molecule has 162 valence electrons. The molecular weight excluding hydrogens is 392 g/mol. The van der Waals surface area contributed by atoms with Crippen LogP contribution in [0.5, 0.6) is 5.75 Å². The van der Waals surface area contributed by atoms with Crippen LogP contribution >= 0.6 is 0 Å². The number of hydrogen-bond donors (Lipinski definition) is 0. The van der Waals surface area contributed by atoms with Gasteiger partial charge in [-0.1, -0.05) is 24.3 Å². The summed E-state index contributed by atoms with van der Waals surface area (Å²) in [6, 6.07) is 15.9. The first-order valence-corrected chi connectivity index (χ1v) is 10.9. The van der Waals surface area contributed by atoms with Crippen molar-refractivity contribution in [3.63, 3.8) is 0 Å². The van der Waals surface area contributed by atoms with Crippen LogP contribution in [0.1, 0.15) is 46.8 Å². The highest BCUT2D eigenvalue weighted by Crippen LogP contribution is 2.56. The minimum absolute atomic E-state index is 0.224. The Labute approximate surface area is 182 Å². The van der Waals surface area contributed by atoms with Crippen LogP contribution in [-0.4, -0.2) is 54.5 Å². The van der Waals surface area contributed by atoms with Crippen LogP contribution in [0.2, 0.25) is 0 Å². The van der Waals surface area contributed by atoms with E-state index >= 15 is 0 Å². The predicted molar refractivity (Wildman–Crippen MR) is 116 cm³/mol. The van der Waals surface area contributed by atoms with Crippen LogP contribution in [0.25, 0.3) is 0 Å². The maximum absolute atomic E-state index is 13.7. The molecule has 1 spiro atoms. The molecule has 6 heteroatoms. The van der Waals surface area contributed by atoms with Crippen molar-refractivity contribution in [1.29, 1.82) is 0 Å². The van der Waals surface area contributed by atoms with Gasteiger partial charge in [-0.2, -0.15) is 0 Å². The highest BCUT2D eigenvalue weighted by molar-refractivity contribution is 5.90. The van der Waals surface area contributed by atoms with Crippen molar-refractivity contribution in [3.8, 4) is 5.75 Å². The maximum atomic E-state index is 13.7. The molecule has 1 amide bonds. The largest absolute Gasteiger partial charge is 0.497 e. The average Bonchev–Trinajstić information content (AvgIpc) is 3.44. The standard InChI is InChI=1S/C25H28N2O4/c1-30-21-6-3-5-17(13-21)15-26-16-20-14-22(27-12-4-11-25(20,27)24(26)29)18-7-9-19(10-8-18)23(28)31-2/h3,5-10,13,20,22H,4,11-12,14-16H2,1-2H3/t20-,22-,25-/m0/s1. The van der Waals surface area contributed by atoms with E-state index in [4.69, 9.17) is 9.47 Å². The molecule has 0 aromatic heterocycles. The molecule has 2 aromatic carbocycles. The lowest BCUT2D eigenvalue weighted by atomic mass is 9.85. The summed E-state index contributed by atoms with van der Waals surface area (Å²) in [4.78, 5) is 29.9. The number of methoxy groups -OCH3 is 2. The van der Waals surface area contributed by atoms with Gasteiger partial charge in [-0.05, 0) is 61.2 Å². The van der Waals surface area contributed by atoms with Crippen LogP contribution in [-0.2, 0) is 16.1 Å². The van der Waals surface area contributed by atoms with E-state index in [1.165, 1.54) is 12.7 Å². The van der Waals surface area contributed by atoms with Gasteiger partial charge in [0.2, 0.25) is 5.91 Å². The fraction of sp³-hybridized carbons (Fsp3) is 0.440. The number of benzene rings is 2. The van der Waals surface area contributed by atoms with Crippen LogP contribution in [0, 0.1) is 5.92 Å². The van der Waals surface area contributed by atoms with Crippen molar-refractivity contribution >= 4 is 11.9 Å². The van der Waals surface area contributed by atoms with Crippen molar-refractivity contribution < 1.29 is 19.1 Å². The summed E-state index contributed by atoms with van der Waals surface area (Å²) in [6.07, 6.45) is 2.95. The fourth-order valence-electron chi connectivity index (χ4n) is 5.98.